The number of carbonyl (C=O) groups is 2. The minimum atomic E-state index is -0.806. The lowest BCUT2D eigenvalue weighted by atomic mass is 10.4. The summed E-state index contributed by atoms with van der Waals surface area (Å²) in [6, 6.07) is -0.751. The van der Waals surface area contributed by atoms with E-state index in [-0.39, 0.29) is 15.8 Å². The highest BCUT2D eigenvalue weighted by molar-refractivity contribution is 7.94. The van der Waals surface area contributed by atoms with Crippen LogP contribution < -0.4 is 0 Å². The first-order valence-corrected chi connectivity index (χ1v) is 7.30. The number of hydrogen-bond donors (Lipinski definition) is 0. The summed E-state index contributed by atoms with van der Waals surface area (Å²) in [5.74, 6) is 0.583. The van der Waals surface area contributed by atoms with Crippen LogP contribution in [0.1, 0.15) is 13.3 Å². The number of halogens is 2. The van der Waals surface area contributed by atoms with Crippen molar-refractivity contribution in [3.63, 3.8) is 0 Å². The zero-order valence-corrected chi connectivity index (χ0v) is 12.4. The van der Waals surface area contributed by atoms with E-state index in [1.54, 1.807) is 7.05 Å². The van der Waals surface area contributed by atoms with Crippen molar-refractivity contribution >= 4 is 53.6 Å². The van der Waals surface area contributed by atoms with Crippen LogP contribution in [0.4, 0.5) is 9.59 Å². The fourth-order valence-electron chi connectivity index (χ4n) is 1.93. The van der Waals surface area contributed by atoms with Gasteiger partial charge in [0.15, 0.2) is 0 Å². The molecule has 2 unspecified atom stereocenters. The smallest absolute Gasteiger partial charge is 0.253 e. The third kappa shape index (κ3) is 2.27. The third-order valence-electron chi connectivity index (χ3n) is 3.04. The number of hydrogen-bond acceptors (Lipinski definition) is 3. The number of rotatable bonds is 4. The number of imide groups is 1. The first-order chi connectivity index (χ1) is 8.33. The van der Waals surface area contributed by atoms with Crippen LogP contribution in [0.3, 0.4) is 0 Å². The second-order valence-corrected chi connectivity index (χ2v) is 7.42. The van der Waals surface area contributed by atoms with E-state index in [9.17, 15) is 9.59 Å². The number of quaternary nitrogens is 1. The number of aliphatic imine (C=N–C) groups is 1. The second-order valence-electron chi connectivity index (χ2n) is 4.42. The molecule has 0 spiro atoms. The van der Waals surface area contributed by atoms with Crippen LogP contribution in [0.5, 0.6) is 0 Å². The highest BCUT2D eigenvalue weighted by Crippen LogP contribution is 2.55. The number of urea groups is 2. The van der Waals surface area contributed by atoms with E-state index in [1.165, 1.54) is 23.2 Å². The molecule has 18 heavy (non-hydrogen) atoms. The van der Waals surface area contributed by atoms with Gasteiger partial charge in [-0.2, -0.15) is 0 Å². The average molecular weight is 311 g/mol. The fraction of sp³-hybridized carbons (Fsp3) is 0.700. The lowest BCUT2D eigenvalue weighted by Gasteiger charge is -2.32. The lowest BCUT2D eigenvalue weighted by molar-refractivity contribution is -0.626. The van der Waals surface area contributed by atoms with Gasteiger partial charge in [0.25, 0.3) is 0 Å². The Morgan fingerprint density at radius 1 is 1.61 bits per heavy atom. The number of carbonyl (C=O) groups excluding carboxylic acids is 2. The van der Waals surface area contributed by atoms with Gasteiger partial charge in [-0.1, -0.05) is 10.8 Å². The van der Waals surface area contributed by atoms with Crippen molar-refractivity contribution in [3.8, 4) is 0 Å². The van der Waals surface area contributed by atoms with Crippen LogP contribution in [-0.2, 0) is 0 Å². The maximum absolute atomic E-state index is 12.3. The predicted molar refractivity (Wildman–Crippen MR) is 72.9 cm³/mol. The molecule has 2 aliphatic rings. The third-order valence-corrected chi connectivity index (χ3v) is 5.13. The van der Waals surface area contributed by atoms with Gasteiger partial charge >= 0.3 is 12.1 Å². The quantitative estimate of drug-likeness (QED) is 0.456. The first kappa shape index (κ1) is 14.1. The van der Waals surface area contributed by atoms with Crippen molar-refractivity contribution in [3.05, 3.63) is 0 Å². The Labute approximate surface area is 120 Å². The maximum Gasteiger partial charge on any atom is 0.464 e. The van der Waals surface area contributed by atoms with Crippen molar-refractivity contribution in [1.29, 1.82) is 0 Å². The monoisotopic (exact) mass is 310 g/mol. The summed E-state index contributed by atoms with van der Waals surface area (Å²) in [5, 5.41) is 0. The summed E-state index contributed by atoms with van der Waals surface area (Å²) in [4.78, 5) is 29.5. The van der Waals surface area contributed by atoms with Gasteiger partial charge in [0.2, 0.25) is 0 Å². The summed E-state index contributed by atoms with van der Waals surface area (Å²) in [5.41, 5.74) is 0. The molecule has 0 aromatic carbocycles. The molecule has 1 aliphatic carbocycles. The zero-order valence-electron chi connectivity index (χ0n) is 10.1. The van der Waals surface area contributed by atoms with Gasteiger partial charge in [-0.05, 0) is 6.42 Å². The van der Waals surface area contributed by atoms with Crippen LogP contribution in [0.25, 0.3) is 0 Å². The molecule has 100 valence electrons. The van der Waals surface area contributed by atoms with Crippen LogP contribution >= 0.6 is 35.1 Å². The molecule has 8 heteroatoms. The highest BCUT2D eigenvalue weighted by Gasteiger charge is 2.61. The van der Waals surface area contributed by atoms with Gasteiger partial charge in [0.1, 0.15) is 17.2 Å². The van der Waals surface area contributed by atoms with Crippen LogP contribution in [0, 0.1) is 5.92 Å². The normalized spacial score (nSPS) is 34.0. The molecule has 1 heterocycles. The first-order valence-electron chi connectivity index (χ1n) is 5.60. The molecule has 4 amide bonds. The lowest BCUT2D eigenvalue weighted by Crippen LogP contribution is -2.59. The van der Waals surface area contributed by atoms with Crippen molar-refractivity contribution in [1.82, 2.24) is 4.90 Å². The Kier molecular flexibility index (Phi) is 3.66. The second kappa shape index (κ2) is 4.67. The van der Waals surface area contributed by atoms with E-state index in [2.05, 4.69) is 4.99 Å². The highest BCUT2D eigenvalue weighted by atomic mass is 35.5. The van der Waals surface area contributed by atoms with E-state index in [1.807, 2.05) is 6.92 Å². The summed E-state index contributed by atoms with van der Waals surface area (Å²) in [6.45, 7) is 2.19. The van der Waals surface area contributed by atoms with Crippen LogP contribution in [0.2, 0.25) is 0 Å². The predicted octanol–water partition coefficient (Wildman–Crippen LogP) is 2.88. The molecule has 0 radical (unpaired) electrons. The van der Waals surface area contributed by atoms with Crippen LogP contribution in [0.15, 0.2) is 4.99 Å². The van der Waals surface area contributed by atoms with Gasteiger partial charge in [0.05, 0.1) is 11.9 Å². The molecule has 2 atom stereocenters. The van der Waals surface area contributed by atoms with E-state index < -0.39 is 10.4 Å². The maximum atomic E-state index is 12.3. The minimum absolute atomic E-state index is 0.0468. The Balaban J connectivity index is 2.28. The summed E-state index contributed by atoms with van der Waals surface area (Å²) in [7, 11) is 1.59. The molecule has 0 saturated heterocycles. The molecule has 0 bridgehead atoms. The van der Waals surface area contributed by atoms with E-state index in [0.717, 1.165) is 0 Å². The van der Waals surface area contributed by atoms with Gasteiger partial charge in [-0.3, -0.25) is 4.90 Å². The van der Waals surface area contributed by atoms with Crippen molar-refractivity contribution in [2.45, 2.75) is 17.7 Å². The molecular formula is C10H14Cl2N3O2S+. The van der Waals surface area contributed by atoms with Gasteiger partial charge in [-0.15, -0.1) is 28.2 Å². The molecule has 2 rings (SSSR count). The van der Waals surface area contributed by atoms with Crippen molar-refractivity contribution in [2.75, 3.05) is 19.3 Å². The van der Waals surface area contributed by atoms with E-state index in [4.69, 9.17) is 23.2 Å². The Hall–Kier alpha value is -0.300. The molecule has 0 aromatic rings. The van der Waals surface area contributed by atoms with Crippen LogP contribution in [-0.4, -0.2) is 50.9 Å². The van der Waals surface area contributed by atoms with E-state index >= 15 is 0 Å². The Morgan fingerprint density at radius 2 is 2.22 bits per heavy atom. The van der Waals surface area contributed by atoms with Gasteiger partial charge in [0, 0.05) is 18.7 Å². The largest absolute Gasteiger partial charge is 0.464 e. The number of alkyl halides is 2. The minimum Gasteiger partial charge on any atom is -0.253 e. The Morgan fingerprint density at radius 3 is 2.72 bits per heavy atom. The fourth-order valence-corrected chi connectivity index (χ4v) is 3.57. The average Bonchev–Trinajstić information content (AvgIpc) is 2.89. The van der Waals surface area contributed by atoms with Crippen molar-refractivity contribution in [2.24, 2.45) is 10.9 Å². The number of nitrogens with zero attached hydrogens (tertiary/aromatic N) is 3. The molecule has 5 nitrogen and oxygen atoms in total. The standard InChI is InChI=1S/C10H14Cl2N3O2S/c1-3-18-15(5-7-4-10(7,11)12)8(16)13-6-14(2)9(15)17/h6-7H,3-5H2,1-2H3/q+1. The van der Waals surface area contributed by atoms with E-state index in [0.29, 0.717) is 18.7 Å². The van der Waals surface area contributed by atoms with Gasteiger partial charge in [-0.25, -0.2) is 9.59 Å². The molecule has 1 aliphatic heterocycles. The molecular weight excluding hydrogens is 297 g/mol. The Bertz CT molecular complexity index is 429. The SMILES string of the molecule is CCS[N+]1(CC2CC2(Cl)Cl)C(=O)N=CN(C)C1=O. The van der Waals surface area contributed by atoms with Crippen molar-refractivity contribution < 1.29 is 13.5 Å². The zero-order chi connectivity index (χ0) is 13.6. The topological polar surface area (TPSA) is 49.7 Å². The number of amides is 4. The molecule has 0 N–H and O–H groups in total. The summed E-state index contributed by atoms with van der Waals surface area (Å²) in [6.07, 6.45) is 1.85. The summed E-state index contributed by atoms with van der Waals surface area (Å²) >= 11 is 13.2. The molecule has 1 fully saturated rings. The summed E-state index contributed by atoms with van der Waals surface area (Å²) < 4.78 is -1.19. The molecule has 1 saturated carbocycles. The van der Waals surface area contributed by atoms with Gasteiger partial charge < -0.3 is 0 Å². The molecule has 0 aromatic heterocycles.